The molecule has 1 amide bonds. The summed E-state index contributed by atoms with van der Waals surface area (Å²) in [4.78, 5) is 12.1. The summed E-state index contributed by atoms with van der Waals surface area (Å²) < 4.78 is 32.2. The fraction of sp³-hybridized carbons (Fsp3) is 0.588. The summed E-state index contributed by atoms with van der Waals surface area (Å²) in [6, 6.07) is 4.66. The molecule has 2 aliphatic rings. The molecule has 2 fully saturated rings. The average Bonchev–Trinajstić information content (AvgIpc) is 3.23. The van der Waals surface area contributed by atoms with Crippen molar-refractivity contribution in [3.05, 3.63) is 18.2 Å². The van der Waals surface area contributed by atoms with E-state index >= 15 is 0 Å². The van der Waals surface area contributed by atoms with Gasteiger partial charge in [-0.2, -0.15) is 4.31 Å². The first kappa shape index (κ1) is 21.0. The molecule has 0 spiro atoms. The maximum absolute atomic E-state index is 12.7. The molecule has 9 heteroatoms. The highest BCUT2D eigenvalue weighted by molar-refractivity contribution is 7.89. The number of anilines is 1. The maximum atomic E-state index is 12.7. The number of carbonyl (C=O) groups is 1. The summed E-state index contributed by atoms with van der Waals surface area (Å²) in [6.45, 7) is 2.18. The Hall–Kier alpha value is -1.35. The molecule has 0 aromatic heterocycles. The van der Waals surface area contributed by atoms with Crippen molar-refractivity contribution in [2.75, 3.05) is 38.6 Å². The second-order valence-corrected chi connectivity index (χ2v) is 8.51. The van der Waals surface area contributed by atoms with Crippen molar-refractivity contribution in [2.24, 2.45) is 5.92 Å². The minimum atomic E-state index is -3.56. The van der Waals surface area contributed by atoms with Crippen LogP contribution in [0.1, 0.15) is 25.7 Å². The lowest BCUT2D eigenvalue weighted by molar-refractivity contribution is -0.115. The van der Waals surface area contributed by atoms with Crippen LogP contribution in [0.4, 0.5) is 5.69 Å². The molecule has 1 saturated heterocycles. The molecule has 7 nitrogen and oxygen atoms in total. The van der Waals surface area contributed by atoms with Crippen molar-refractivity contribution < 1.29 is 17.9 Å². The van der Waals surface area contributed by atoms with E-state index in [0.717, 1.165) is 19.4 Å². The van der Waals surface area contributed by atoms with Crippen molar-refractivity contribution >= 4 is 34.0 Å². The van der Waals surface area contributed by atoms with Crippen LogP contribution in [-0.2, 0) is 14.8 Å². The summed E-state index contributed by atoms with van der Waals surface area (Å²) in [5.41, 5.74) is 0.524. The van der Waals surface area contributed by atoms with E-state index in [1.807, 2.05) is 0 Å². The third-order valence-electron chi connectivity index (χ3n) is 4.55. The number of benzene rings is 1. The monoisotopic (exact) mass is 403 g/mol. The van der Waals surface area contributed by atoms with Gasteiger partial charge in [0.25, 0.3) is 0 Å². The molecule has 2 N–H and O–H groups in total. The number of carbonyl (C=O) groups excluding carboxylic acids is 1. The van der Waals surface area contributed by atoms with Gasteiger partial charge in [0.05, 0.1) is 13.7 Å². The second-order valence-electron chi connectivity index (χ2n) is 6.60. The lowest BCUT2D eigenvalue weighted by Gasteiger charge is -2.18. The zero-order valence-corrected chi connectivity index (χ0v) is 16.5. The molecule has 1 aliphatic carbocycles. The normalized spacial score (nSPS) is 17.6. The van der Waals surface area contributed by atoms with Gasteiger partial charge >= 0.3 is 0 Å². The van der Waals surface area contributed by atoms with Gasteiger partial charge < -0.3 is 15.4 Å². The van der Waals surface area contributed by atoms with E-state index in [4.69, 9.17) is 4.74 Å². The Morgan fingerprint density at radius 3 is 2.58 bits per heavy atom. The maximum Gasteiger partial charge on any atom is 0.246 e. The third-order valence-corrected chi connectivity index (χ3v) is 6.48. The molecule has 1 aromatic carbocycles. The summed E-state index contributed by atoms with van der Waals surface area (Å²) >= 11 is 0. The van der Waals surface area contributed by atoms with Gasteiger partial charge in [-0.25, -0.2) is 8.42 Å². The van der Waals surface area contributed by atoms with E-state index < -0.39 is 10.0 Å². The largest absolute Gasteiger partial charge is 0.495 e. The number of sulfonamides is 1. The molecule has 146 valence electrons. The Balaban J connectivity index is 0.00000243. The zero-order chi connectivity index (χ0) is 17.9. The van der Waals surface area contributed by atoms with Gasteiger partial charge in [-0.15, -0.1) is 12.4 Å². The van der Waals surface area contributed by atoms with Crippen LogP contribution in [0.3, 0.4) is 0 Å². The number of hydrogen-bond acceptors (Lipinski definition) is 5. The molecule has 1 saturated carbocycles. The first-order valence-corrected chi connectivity index (χ1v) is 10.1. The smallest absolute Gasteiger partial charge is 0.246 e. The molecule has 0 atom stereocenters. The Morgan fingerprint density at radius 2 is 1.96 bits per heavy atom. The Morgan fingerprint density at radius 1 is 1.27 bits per heavy atom. The molecule has 0 unspecified atom stereocenters. The van der Waals surface area contributed by atoms with Gasteiger partial charge in [0.1, 0.15) is 10.6 Å². The van der Waals surface area contributed by atoms with E-state index in [1.54, 1.807) is 12.1 Å². The highest BCUT2D eigenvalue weighted by Gasteiger charge is 2.30. The van der Waals surface area contributed by atoms with Crippen molar-refractivity contribution in [1.82, 2.24) is 9.62 Å². The highest BCUT2D eigenvalue weighted by Crippen LogP contribution is 2.31. The Labute approximate surface area is 160 Å². The SMILES string of the molecule is COc1cc(NC(=O)CNCC2CC2)ccc1S(=O)(=O)N1CCCC1.Cl. The molecule has 1 heterocycles. The Bertz CT molecular complexity index is 732. The van der Waals surface area contributed by atoms with Crippen LogP contribution in [0.2, 0.25) is 0 Å². The van der Waals surface area contributed by atoms with Crippen LogP contribution in [-0.4, -0.2) is 51.9 Å². The van der Waals surface area contributed by atoms with Gasteiger partial charge in [0, 0.05) is 24.8 Å². The molecule has 1 aromatic rings. The van der Waals surface area contributed by atoms with E-state index in [2.05, 4.69) is 10.6 Å². The Kier molecular flexibility index (Phi) is 7.28. The number of nitrogens with zero attached hydrogens (tertiary/aromatic N) is 1. The third kappa shape index (κ3) is 5.09. The zero-order valence-electron chi connectivity index (χ0n) is 14.9. The number of ether oxygens (including phenoxy) is 1. The number of nitrogens with one attached hydrogen (secondary N) is 2. The van der Waals surface area contributed by atoms with Gasteiger partial charge in [-0.1, -0.05) is 0 Å². The van der Waals surface area contributed by atoms with Gasteiger partial charge in [0.15, 0.2) is 0 Å². The fourth-order valence-corrected chi connectivity index (χ4v) is 4.60. The van der Waals surface area contributed by atoms with Gasteiger partial charge in [-0.3, -0.25) is 4.79 Å². The van der Waals surface area contributed by atoms with Crippen LogP contribution < -0.4 is 15.4 Å². The number of methoxy groups -OCH3 is 1. The van der Waals surface area contributed by atoms with Gasteiger partial charge in [0.2, 0.25) is 15.9 Å². The van der Waals surface area contributed by atoms with Crippen LogP contribution in [0.15, 0.2) is 23.1 Å². The summed E-state index contributed by atoms with van der Waals surface area (Å²) in [7, 11) is -2.13. The van der Waals surface area contributed by atoms with Crippen LogP contribution >= 0.6 is 12.4 Å². The topological polar surface area (TPSA) is 87.7 Å². The standard InChI is InChI=1S/C17H25N3O4S.ClH/c1-24-15-10-14(19-17(21)12-18-11-13-4-5-13)6-7-16(15)25(22,23)20-8-2-3-9-20;/h6-7,10,13,18H,2-5,8-9,11-12H2,1H3,(H,19,21);1H. The van der Waals surface area contributed by atoms with Crippen molar-refractivity contribution in [3.63, 3.8) is 0 Å². The lowest BCUT2D eigenvalue weighted by Crippen LogP contribution is -2.29. The van der Waals surface area contributed by atoms with Crippen LogP contribution in [0, 0.1) is 5.92 Å². The van der Waals surface area contributed by atoms with E-state index in [-0.39, 0.29) is 35.5 Å². The summed E-state index contributed by atoms with van der Waals surface area (Å²) in [6.07, 6.45) is 4.23. The minimum absolute atomic E-state index is 0. The van der Waals surface area contributed by atoms with Crippen LogP contribution in [0.5, 0.6) is 5.75 Å². The second kappa shape index (κ2) is 9.03. The molecule has 1 aliphatic heterocycles. The summed E-state index contributed by atoms with van der Waals surface area (Å²) in [5, 5.41) is 5.89. The van der Waals surface area contributed by atoms with E-state index in [0.29, 0.717) is 24.7 Å². The minimum Gasteiger partial charge on any atom is -0.495 e. The quantitative estimate of drug-likeness (QED) is 0.691. The highest BCUT2D eigenvalue weighted by atomic mass is 35.5. The predicted molar refractivity (Wildman–Crippen MR) is 102 cm³/mol. The van der Waals surface area contributed by atoms with Crippen molar-refractivity contribution in [2.45, 2.75) is 30.6 Å². The molecular weight excluding hydrogens is 378 g/mol. The van der Waals surface area contributed by atoms with Crippen molar-refractivity contribution in [3.8, 4) is 5.75 Å². The van der Waals surface area contributed by atoms with E-state index in [1.165, 1.54) is 30.3 Å². The van der Waals surface area contributed by atoms with Crippen LogP contribution in [0.25, 0.3) is 0 Å². The molecule has 26 heavy (non-hydrogen) atoms. The van der Waals surface area contributed by atoms with Gasteiger partial charge in [-0.05, 0) is 50.3 Å². The predicted octanol–water partition coefficient (Wildman–Crippen LogP) is 1.84. The van der Waals surface area contributed by atoms with Crippen molar-refractivity contribution in [1.29, 1.82) is 0 Å². The van der Waals surface area contributed by atoms with E-state index in [9.17, 15) is 13.2 Å². The first-order chi connectivity index (χ1) is 12.0. The number of halogens is 1. The fourth-order valence-electron chi connectivity index (χ4n) is 2.94. The number of rotatable bonds is 8. The molecule has 0 bridgehead atoms. The number of amides is 1. The summed E-state index contributed by atoms with van der Waals surface area (Å²) in [5.74, 6) is 0.802. The lowest BCUT2D eigenvalue weighted by atomic mass is 10.3. The number of hydrogen-bond donors (Lipinski definition) is 2. The average molecular weight is 404 g/mol. The first-order valence-electron chi connectivity index (χ1n) is 8.69. The molecule has 3 rings (SSSR count). The molecular formula is C17H26ClN3O4S. The molecule has 0 radical (unpaired) electrons.